The maximum Gasteiger partial charge on any atom is 0.115 e. The van der Waals surface area contributed by atoms with E-state index in [1.165, 1.54) is 24.8 Å². The molecule has 3 heteroatoms. The predicted molar refractivity (Wildman–Crippen MR) is 51.2 cm³/mol. The fourth-order valence-corrected chi connectivity index (χ4v) is 1.89. The lowest BCUT2D eigenvalue weighted by Crippen LogP contribution is -2.34. The maximum absolute atomic E-state index is 4.03. The Labute approximate surface area is 78.6 Å². The van der Waals surface area contributed by atoms with Gasteiger partial charge in [0.15, 0.2) is 0 Å². The average molecular weight is 177 g/mol. The smallest absolute Gasteiger partial charge is 0.115 e. The predicted octanol–water partition coefficient (Wildman–Crippen LogP) is 1.68. The van der Waals surface area contributed by atoms with Gasteiger partial charge >= 0.3 is 0 Å². The number of hydrogen-bond acceptors (Lipinski definition) is 3. The summed E-state index contributed by atoms with van der Waals surface area (Å²) in [6, 6.07) is 1.09. The molecular weight excluding hydrogens is 162 g/mol. The molecule has 0 spiro atoms. The molecule has 0 aliphatic carbocycles. The first-order chi connectivity index (χ1) is 6.36. The van der Waals surface area contributed by atoms with Gasteiger partial charge in [-0.1, -0.05) is 6.42 Å². The molecule has 1 aromatic heterocycles. The molecule has 2 atom stereocenters. The van der Waals surface area contributed by atoms with Crippen molar-refractivity contribution in [3.05, 3.63) is 24.3 Å². The second-order valence-electron chi connectivity index (χ2n) is 3.72. The number of rotatable bonds is 1. The van der Waals surface area contributed by atoms with Gasteiger partial charge in [-0.25, -0.2) is 9.97 Å². The van der Waals surface area contributed by atoms with Crippen molar-refractivity contribution in [3.8, 4) is 0 Å². The highest BCUT2D eigenvalue weighted by atomic mass is 15.0. The minimum atomic E-state index is 0.463. The lowest BCUT2D eigenvalue weighted by Gasteiger charge is -2.28. The summed E-state index contributed by atoms with van der Waals surface area (Å²) < 4.78 is 0. The van der Waals surface area contributed by atoms with E-state index < -0.39 is 0 Å². The van der Waals surface area contributed by atoms with Crippen LogP contribution in [0.3, 0.4) is 0 Å². The van der Waals surface area contributed by atoms with Gasteiger partial charge in [0.05, 0.1) is 0 Å². The Bertz CT molecular complexity index is 260. The summed E-state index contributed by atoms with van der Waals surface area (Å²) in [5.41, 5.74) is 1.22. The summed E-state index contributed by atoms with van der Waals surface area (Å²) in [6.07, 6.45) is 9.18. The van der Waals surface area contributed by atoms with Gasteiger partial charge in [0, 0.05) is 30.0 Å². The van der Waals surface area contributed by atoms with Crippen LogP contribution in [-0.4, -0.2) is 16.0 Å². The third-order valence-corrected chi connectivity index (χ3v) is 2.60. The van der Waals surface area contributed by atoms with E-state index in [-0.39, 0.29) is 0 Å². The number of aromatic nitrogens is 2. The molecule has 1 fully saturated rings. The molecule has 2 heterocycles. The van der Waals surface area contributed by atoms with Gasteiger partial charge in [-0.05, 0) is 19.8 Å². The fraction of sp³-hybridized carbons (Fsp3) is 0.600. The number of piperidine rings is 1. The van der Waals surface area contributed by atoms with E-state index in [1.54, 1.807) is 6.33 Å². The Hall–Kier alpha value is -0.960. The second kappa shape index (κ2) is 3.83. The van der Waals surface area contributed by atoms with E-state index in [4.69, 9.17) is 0 Å². The molecule has 1 saturated heterocycles. The third-order valence-electron chi connectivity index (χ3n) is 2.60. The van der Waals surface area contributed by atoms with Gasteiger partial charge in [0.1, 0.15) is 6.33 Å². The highest BCUT2D eigenvalue weighted by Crippen LogP contribution is 2.23. The molecule has 0 bridgehead atoms. The van der Waals surface area contributed by atoms with Crippen molar-refractivity contribution in [2.75, 3.05) is 0 Å². The van der Waals surface area contributed by atoms with Gasteiger partial charge in [0.25, 0.3) is 0 Å². The third kappa shape index (κ3) is 2.04. The van der Waals surface area contributed by atoms with Crippen LogP contribution in [0.15, 0.2) is 18.7 Å². The average Bonchev–Trinajstić information content (AvgIpc) is 2.19. The largest absolute Gasteiger partial charge is 0.307 e. The fourth-order valence-electron chi connectivity index (χ4n) is 1.89. The first-order valence-corrected chi connectivity index (χ1v) is 4.87. The highest BCUT2D eigenvalue weighted by Gasteiger charge is 2.19. The Balaban J connectivity index is 2.08. The zero-order valence-corrected chi connectivity index (χ0v) is 7.90. The summed E-state index contributed by atoms with van der Waals surface area (Å²) in [5.74, 6) is 0. The second-order valence-corrected chi connectivity index (χ2v) is 3.72. The van der Waals surface area contributed by atoms with Crippen molar-refractivity contribution < 1.29 is 0 Å². The number of nitrogens with zero attached hydrogens (tertiary/aromatic N) is 2. The van der Waals surface area contributed by atoms with Gasteiger partial charge < -0.3 is 5.32 Å². The molecule has 0 amide bonds. The molecule has 2 unspecified atom stereocenters. The van der Waals surface area contributed by atoms with Crippen molar-refractivity contribution in [1.82, 2.24) is 15.3 Å². The maximum atomic E-state index is 4.03. The van der Waals surface area contributed by atoms with Gasteiger partial charge in [0.2, 0.25) is 0 Å². The van der Waals surface area contributed by atoms with Crippen molar-refractivity contribution >= 4 is 0 Å². The zero-order valence-electron chi connectivity index (χ0n) is 7.90. The van der Waals surface area contributed by atoms with Crippen LogP contribution in [0.25, 0.3) is 0 Å². The molecule has 0 aromatic carbocycles. The molecule has 1 aliphatic heterocycles. The molecule has 1 N–H and O–H groups in total. The van der Waals surface area contributed by atoms with Crippen LogP contribution >= 0.6 is 0 Å². The molecule has 2 rings (SSSR count). The summed E-state index contributed by atoms with van der Waals surface area (Å²) in [5, 5.41) is 3.55. The molecule has 0 radical (unpaired) electrons. The molecule has 70 valence electrons. The number of nitrogens with one attached hydrogen (secondary N) is 1. The monoisotopic (exact) mass is 177 g/mol. The van der Waals surface area contributed by atoms with Gasteiger partial charge in [-0.3, -0.25) is 0 Å². The zero-order chi connectivity index (χ0) is 9.10. The highest BCUT2D eigenvalue weighted by molar-refractivity contribution is 5.10. The van der Waals surface area contributed by atoms with Crippen LogP contribution in [0.4, 0.5) is 0 Å². The van der Waals surface area contributed by atoms with Crippen molar-refractivity contribution in [3.63, 3.8) is 0 Å². The van der Waals surface area contributed by atoms with Crippen molar-refractivity contribution in [2.45, 2.75) is 38.3 Å². The Morgan fingerprint density at radius 3 is 2.77 bits per heavy atom. The Morgan fingerprint density at radius 1 is 1.31 bits per heavy atom. The van der Waals surface area contributed by atoms with Crippen LogP contribution in [0.5, 0.6) is 0 Å². The van der Waals surface area contributed by atoms with Crippen LogP contribution in [-0.2, 0) is 0 Å². The molecule has 3 nitrogen and oxygen atoms in total. The van der Waals surface area contributed by atoms with Crippen molar-refractivity contribution in [1.29, 1.82) is 0 Å². The van der Waals surface area contributed by atoms with E-state index in [2.05, 4.69) is 22.2 Å². The first-order valence-electron chi connectivity index (χ1n) is 4.87. The standard InChI is InChI=1S/C10H15N3/c1-8-3-2-4-10(13-8)9-5-11-7-12-6-9/h5-8,10,13H,2-4H2,1H3. The van der Waals surface area contributed by atoms with E-state index in [9.17, 15) is 0 Å². The van der Waals surface area contributed by atoms with Crippen molar-refractivity contribution in [2.24, 2.45) is 0 Å². The van der Waals surface area contributed by atoms with Crippen LogP contribution in [0.2, 0.25) is 0 Å². The Morgan fingerprint density at radius 2 is 2.08 bits per heavy atom. The van der Waals surface area contributed by atoms with E-state index in [0.29, 0.717) is 12.1 Å². The molecule has 1 aliphatic rings. The number of hydrogen-bond donors (Lipinski definition) is 1. The topological polar surface area (TPSA) is 37.8 Å². The summed E-state index contributed by atoms with van der Waals surface area (Å²) in [4.78, 5) is 8.07. The molecular formula is C10H15N3. The normalized spacial score (nSPS) is 28.7. The summed E-state index contributed by atoms with van der Waals surface area (Å²) in [6.45, 7) is 2.23. The summed E-state index contributed by atoms with van der Waals surface area (Å²) in [7, 11) is 0. The molecule has 0 saturated carbocycles. The molecule has 1 aromatic rings. The van der Waals surface area contributed by atoms with E-state index >= 15 is 0 Å². The van der Waals surface area contributed by atoms with Crippen LogP contribution in [0.1, 0.15) is 37.8 Å². The van der Waals surface area contributed by atoms with E-state index in [1.807, 2.05) is 12.4 Å². The lowest BCUT2D eigenvalue weighted by molar-refractivity contribution is 0.340. The summed E-state index contributed by atoms with van der Waals surface area (Å²) >= 11 is 0. The van der Waals surface area contributed by atoms with Gasteiger partial charge in [-0.15, -0.1) is 0 Å². The minimum absolute atomic E-state index is 0.463. The molecule has 13 heavy (non-hydrogen) atoms. The quantitative estimate of drug-likeness (QED) is 0.709. The first kappa shape index (κ1) is 8.63. The van der Waals surface area contributed by atoms with E-state index in [0.717, 1.165) is 0 Å². The van der Waals surface area contributed by atoms with Crippen LogP contribution < -0.4 is 5.32 Å². The minimum Gasteiger partial charge on any atom is -0.307 e. The van der Waals surface area contributed by atoms with Gasteiger partial charge in [-0.2, -0.15) is 0 Å². The Kier molecular flexibility index (Phi) is 2.54. The lowest BCUT2D eigenvalue weighted by atomic mass is 9.96. The SMILES string of the molecule is CC1CCCC(c2cncnc2)N1. The van der Waals surface area contributed by atoms with Crippen LogP contribution in [0, 0.1) is 0 Å².